The molecule has 3 amide bonds. The van der Waals surface area contributed by atoms with Crippen LogP contribution in [0.25, 0.3) is 0 Å². The van der Waals surface area contributed by atoms with E-state index in [-0.39, 0.29) is 17.9 Å². The number of primary amides is 1. The first-order valence-corrected chi connectivity index (χ1v) is 10.8. The van der Waals surface area contributed by atoms with Gasteiger partial charge in [0.2, 0.25) is 5.91 Å². The lowest BCUT2D eigenvalue weighted by Crippen LogP contribution is -2.58. The minimum Gasteiger partial charge on any atom is -0.445 e. The summed E-state index contributed by atoms with van der Waals surface area (Å²) in [5.41, 5.74) is 6.10. The zero-order valence-electron chi connectivity index (χ0n) is 16.3. The number of rotatable bonds is 6. The van der Waals surface area contributed by atoms with E-state index < -0.39 is 23.6 Å². The molecular weight excluding hydrogens is 402 g/mol. The van der Waals surface area contributed by atoms with Crippen molar-refractivity contribution in [3.8, 4) is 0 Å². The Kier molecular flexibility index (Phi) is 5.67. The molecule has 8 heteroatoms. The van der Waals surface area contributed by atoms with E-state index in [4.69, 9.17) is 10.5 Å². The van der Waals surface area contributed by atoms with Crippen molar-refractivity contribution in [1.82, 2.24) is 10.2 Å². The molecule has 2 saturated heterocycles. The summed E-state index contributed by atoms with van der Waals surface area (Å²) in [5, 5.41) is 2.63. The molecule has 156 valence electrons. The van der Waals surface area contributed by atoms with Crippen molar-refractivity contribution < 1.29 is 19.1 Å². The quantitative estimate of drug-likeness (QED) is 0.738. The van der Waals surface area contributed by atoms with Crippen molar-refractivity contribution in [2.24, 2.45) is 5.73 Å². The fourth-order valence-electron chi connectivity index (χ4n) is 4.04. The van der Waals surface area contributed by atoms with Crippen molar-refractivity contribution in [1.29, 1.82) is 0 Å². The van der Waals surface area contributed by atoms with Gasteiger partial charge in [0.25, 0.3) is 5.91 Å². The van der Waals surface area contributed by atoms with E-state index in [2.05, 4.69) is 5.32 Å². The summed E-state index contributed by atoms with van der Waals surface area (Å²) in [7, 11) is 0. The molecule has 7 nitrogen and oxygen atoms in total. The van der Waals surface area contributed by atoms with Gasteiger partial charge >= 0.3 is 6.09 Å². The zero-order valence-corrected chi connectivity index (χ0v) is 17.1. The van der Waals surface area contributed by atoms with Crippen LogP contribution in [0.2, 0.25) is 0 Å². The first-order valence-electron chi connectivity index (χ1n) is 9.75. The first kappa shape index (κ1) is 20.3. The summed E-state index contributed by atoms with van der Waals surface area (Å²) in [4.78, 5) is 39.5. The van der Waals surface area contributed by atoms with Gasteiger partial charge < -0.3 is 20.7 Å². The molecule has 2 aromatic carbocycles. The molecule has 2 heterocycles. The van der Waals surface area contributed by atoms with Gasteiger partial charge in [0, 0.05) is 18.6 Å². The van der Waals surface area contributed by atoms with E-state index in [9.17, 15) is 14.4 Å². The van der Waals surface area contributed by atoms with Gasteiger partial charge in [0.15, 0.2) is 0 Å². The number of carbonyl (C=O) groups excluding carboxylic acids is 3. The molecule has 30 heavy (non-hydrogen) atoms. The Labute approximate surface area is 178 Å². The molecule has 2 fully saturated rings. The average Bonchev–Trinajstić information content (AvgIpc) is 3.26. The van der Waals surface area contributed by atoms with Crippen LogP contribution in [0, 0.1) is 0 Å². The predicted octanol–water partition coefficient (Wildman–Crippen LogP) is 2.05. The molecule has 3 N–H and O–H groups in total. The maximum atomic E-state index is 13.5. The predicted molar refractivity (Wildman–Crippen MR) is 113 cm³/mol. The lowest BCUT2D eigenvalue weighted by atomic mass is 9.89. The number of carbonyl (C=O) groups is 3. The Morgan fingerprint density at radius 2 is 1.73 bits per heavy atom. The highest BCUT2D eigenvalue weighted by Crippen LogP contribution is 2.43. The minimum atomic E-state index is -1.18. The lowest BCUT2D eigenvalue weighted by molar-refractivity contribution is -0.139. The standard InChI is InChI=1S/C22H23N3O4S/c23-19(26)17-14-30-18-12-22(20(27)25(17)18,11-15-7-3-1-4-8-15)24-21(28)29-13-16-9-5-2-6-10-16/h1-10,17-18H,11-14H2,(H2,23,26)(H,24,28)/t17-,18-,22-/m1/s1. The second-order valence-corrected chi connectivity index (χ2v) is 8.76. The van der Waals surface area contributed by atoms with Crippen LogP contribution in [0.1, 0.15) is 17.5 Å². The van der Waals surface area contributed by atoms with Crippen LogP contribution in [0.15, 0.2) is 60.7 Å². The summed E-state index contributed by atoms with van der Waals surface area (Å²) >= 11 is 1.52. The highest BCUT2D eigenvalue weighted by molar-refractivity contribution is 8.00. The molecule has 0 aliphatic carbocycles. The molecule has 0 bridgehead atoms. The number of fused-ring (bicyclic) bond motifs is 1. The number of nitrogens with zero attached hydrogens (tertiary/aromatic N) is 1. The second kappa shape index (κ2) is 8.39. The minimum absolute atomic E-state index is 0.105. The largest absolute Gasteiger partial charge is 0.445 e. The molecule has 0 unspecified atom stereocenters. The Morgan fingerprint density at radius 3 is 2.37 bits per heavy atom. The van der Waals surface area contributed by atoms with E-state index in [1.807, 2.05) is 60.7 Å². The number of alkyl carbamates (subject to hydrolysis) is 1. The Hall–Kier alpha value is -3.00. The van der Waals surface area contributed by atoms with Gasteiger partial charge in [-0.1, -0.05) is 60.7 Å². The molecule has 0 aromatic heterocycles. The monoisotopic (exact) mass is 425 g/mol. The molecule has 4 rings (SSSR count). The Morgan fingerprint density at radius 1 is 1.10 bits per heavy atom. The van der Waals surface area contributed by atoms with Gasteiger partial charge in [-0.15, -0.1) is 11.8 Å². The number of thioether (sulfide) groups is 1. The van der Waals surface area contributed by atoms with E-state index in [0.717, 1.165) is 11.1 Å². The zero-order chi connectivity index (χ0) is 21.1. The fraction of sp³-hybridized carbons (Fsp3) is 0.318. The Balaban J connectivity index is 1.55. The van der Waals surface area contributed by atoms with Crippen molar-refractivity contribution in [3.05, 3.63) is 71.8 Å². The number of benzene rings is 2. The number of hydrogen-bond donors (Lipinski definition) is 2. The molecule has 0 saturated carbocycles. The van der Waals surface area contributed by atoms with E-state index >= 15 is 0 Å². The van der Waals surface area contributed by atoms with Gasteiger partial charge in [0.1, 0.15) is 18.2 Å². The summed E-state index contributed by atoms with van der Waals surface area (Å²) in [6, 6.07) is 18.2. The van der Waals surface area contributed by atoms with Crippen molar-refractivity contribution in [2.75, 3.05) is 5.75 Å². The number of ether oxygens (including phenoxy) is 1. The normalized spacial score (nSPS) is 25.1. The molecule has 2 aliphatic rings. The van der Waals surface area contributed by atoms with Crippen LogP contribution in [0.4, 0.5) is 4.79 Å². The summed E-state index contributed by atoms with van der Waals surface area (Å²) in [6.45, 7) is 0.105. The van der Waals surface area contributed by atoms with E-state index in [1.54, 1.807) is 0 Å². The van der Waals surface area contributed by atoms with Crippen LogP contribution < -0.4 is 11.1 Å². The number of nitrogens with one attached hydrogen (secondary N) is 1. The van der Waals surface area contributed by atoms with Gasteiger partial charge in [-0.3, -0.25) is 9.59 Å². The summed E-state index contributed by atoms with van der Waals surface area (Å²) in [5.74, 6) is -0.339. The van der Waals surface area contributed by atoms with E-state index in [0.29, 0.717) is 18.6 Å². The van der Waals surface area contributed by atoms with Crippen molar-refractivity contribution in [3.63, 3.8) is 0 Å². The topological polar surface area (TPSA) is 102 Å². The third-order valence-corrected chi connectivity index (χ3v) is 6.78. The van der Waals surface area contributed by atoms with Crippen LogP contribution in [0.3, 0.4) is 0 Å². The molecule has 0 radical (unpaired) electrons. The maximum absolute atomic E-state index is 13.5. The highest BCUT2D eigenvalue weighted by Gasteiger charge is 2.58. The summed E-state index contributed by atoms with van der Waals surface area (Å²) in [6.07, 6.45) is 0.0341. The fourth-order valence-corrected chi connectivity index (χ4v) is 5.58. The van der Waals surface area contributed by atoms with Crippen LogP contribution in [-0.2, 0) is 27.4 Å². The second-order valence-electron chi connectivity index (χ2n) is 7.55. The SMILES string of the molecule is NC(=O)[C@H]1CS[C@@H]2C[C@@](Cc3ccccc3)(NC(=O)OCc3ccccc3)C(=O)N12. The van der Waals surface area contributed by atoms with Gasteiger partial charge in [0.05, 0.1) is 5.37 Å². The molecule has 0 spiro atoms. The molecule has 2 aliphatic heterocycles. The van der Waals surface area contributed by atoms with Crippen molar-refractivity contribution in [2.45, 2.75) is 36.4 Å². The Bertz CT molecular complexity index is 940. The van der Waals surface area contributed by atoms with Crippen LogP contribution in [-0.4, -0.2) is 45.5 Å². The third kappa shape index (κ3) is 4.00. The lowest BCUT2D eigenvalue weighted by Gasteiger charge is -2.30. The molecule has 2 aromatic rings. The number of nitrogens with two attached hydrogens (primary N) is 1. The van der Waals surface area contributed by atoms with Gasteiger partial charge in [-0.05, 0) is 11.1 Å². The average molecular weight is 426 g/mol. The van der Waals surface area contributed by atoms with Crippen molar-refractivity contribution >= 4 is 29.7 Å². The summed E-state index contributed by atoms with van der Waals surface area (Å²) < 4.78 is 5.38. The van der Waals surface area contributed by atoms with Crippen LogP contribution >= 0.6 is 11.8 Å². The first-order chi connectivity index (χ1) is 14.5. The third-order valence-electron chi connectivity index (χ3n) is 5.49. The van der Waals surface area contributed by atoms with E-state index in [1.165, 1.54) is 16.7 Å². The smallest absolute Gasteiger partial charge is 0.408 e. The molecular formula is C22H23N3O4S. The van der Waals surface area contributed by atoms with Gasteiger partial charge in [-0.25, -0.2) is 4.79 Å². The number of hydrogen-bond acceptors (Lipinski definition) is 5. The maximum Gasteiger partial charge on any atom is 0.408 e. The highest BCUT2D eigenvalue weighted by atomic mass is 32.2. The van der Waals surface area contributed by atoms with Gasteiger partial charge in [-0.2, -0.15) is 0 Å². The number of amides is 3. The van der Waals surface area contributed by atoms with Crippen LogP contribution in [0.5, 0.6) is 0 Å². The molecule has 3 atom stereocenters.